The molecule has 0 atom stereocenters. The molecule has 0 unspecified atom stereocenters. The van der Waals surface area contributed by atoms with E-state index in [-0.39, 0.29) is 29.0 Å². The van der Waals surface area contributed by atoms with Gasteiger partial charge in [-0.3, -0.25) is 14.5 Å². The number of carbonyl (C=O) groups excluding carboxylic acids is 1. The van der Waals surface area contributed by atoms with Crippen molar-refractivity contribution < 1.29 is 9.90 Å². The van der Waals surface area contributed by atoms with Crippen LogP contribution in [0.3, 0.4) is 0 Å². The molecule has 0 spiro atoms. The summed E-state index contributed by atoms with van der Waals surface area (Å²) in [6.07, 6.45) is 8.01. The molecule has 0 radical (unpaired) electrons. The number of likely N-dealkylation sites (tertiary alicyclic amines) is 1. The van der Waals surface area contributed by atoms with E-state index in [1.54, 1.807) is 6.07 Å². The third kappa shape index (κ3) is 5.06. The van der Waals surface area contributed by atoms with Gasteiger partial charge in [-0.05, 0) is 111 Å². The average molecular weight is 552 g/mol. The molecule has 214 valence electrons. The van der Waals surface area contributed by atoms with Gasteiger partial charge in [-0.1, -0.05) is 60.7 Å². The summed E-state index contributed by atoms with van der Waals surface area (Å²) >= 11 is 0. The lowest BCUT2D eigenvalue weighted by Gasteiger charge is -2.54. The van der Waals surface area contributed by atoms with Crippen molar-refractivity contribution in [2.45, 2.75) is 63.1 Å². The van der Waals surface area contributed by atoms with Crippen LogP contribution in [0, 0.1) is 29.6 Å². The summed E-state index contributed by atoms with van der Waals surface area (Å²) in [7, 11) is 0. The number of pyridine rings is 1. The summed E-state index contributed by atoms with van der Waals surface area (Å²) < 4.78 is 0. The number of amides is 1. The van der Waals surface area contributed by atoms with Crippen molar-refractivity contribution in [1.82, 2.24) is 15.2 Å². The normalized spacial score (nSPS) is 28.1. The summed E-state index contributed by atoms with van der Waals surface area (Å²) in [4.78, 5) is 31.5. The Morgan fingerprint density at radius 2 is 1.39 bits per heavy atom. The molecule has 4 bridgehead atoms. The van der Waals surface area contributed by atoms with Crippen molar-refractivity contribution in [2.24, 2.45) is 29.6 Å². The second kappa shape index (κ2) is 10.9. The largest absolute Gasteiger partial charge is 0.380 e. The van der Waals surface area contributed by atoms with E-state index in [2.05, 4.69) is 15.2 Å². The van der Waals surface area contributed by atoms with Crippen LogP contribution >= 0.6 is 0 Å². The van der Waals surface area contributed by atoms with Crippen molar-refractivity contribution >= 4 is 5.91 Å². The lowest BCUT2D eigenvalue weighted by atomic mass is 9.54. The van der Waals surface area contributed by atoms with Gasteiger partial charge in [-0.15, -0.1) is 0 Å². The Kier molecular flexibility index (Phi) is 7.08. The Morgan fingerprint density at radius 1 is 0.829 bits per heavy atom. The van der Waals surface area contributed by atoms with Gasteiger partial charge in [0.1, 0.15) is 11.2 Å². The topological polar surface area (TPSA) is 85.4 Å². The maximum Gasteiger partial charge on any atom is 0.261 e. The predicted molar refractivity (Wildman–Crippen MR) is 159 cm³/mol. The minimum Gasteiger partial charge on any atom is -0.380 e. The first-order valence-electron chi connectivity index (χ1n) is 15.6. The molecule has 6 nitrogen and oxygen atoms in total. The molecule has 1 saturated heterocycles. The number of carbonyl (C=O) groups is 1. The molecule has 4 aliphatic carbocycles. The monoisotopic (exact) mass is 551 g/mol. The predicted octanol–water partition coefficient (Wildman–Crippen LogP) is 5.08. The van der Waals surface area contributed by atoms with Gasteiger partial charge >= 0.3 is 0 Å². The quantitative estimate of drug-likeness (QED) is 0.383. The molecule has 2 aromatic carbocycles. The molecule has 1 amide bonds. The number of nitrogens with zero attached hydrogens (tertiary/aromatic N) is 1. The summed E-state index contributed by atoms with van der Waals surface area (Å²) in [5.74, 6) is 2.72. The Bertz CT molecular complexity index is 1360. The minimum atomic E-state index is -1.05. The molecule has 3 N–H and O–H groups in total. The number of aromatic amines is 1. The van der Waals surface area contributed by atoms with Crippen LogP contribution in [0.25, 0.3) is 0 Å². The van der Waals surface area contributed by atoms with E-state index in [1.165, 1.54) is 32.1 Å². The van der Waals surface area contributed by atoms with Crippen LogP contribution in [0.15, 0.2) is 77.6 Å². The first kappa shape index (κ1) is 26.7. The van der Waals surface area contributed by atoms with E-state index in [9.17, 15) is 14.7 Å². The first-order valence-corrected chi connectivity index (χ1v) is 15.6. The van der Waals surface area contributed by atoms with E-state index >= 15 is 0 Å². The van der Waals surface area contributed by atoms with Gasteiger partial charge < -0.3 is 15.4 Å². The molecule has 2 heterocycles. The molecule has 1 aliphatic heterocycles. The number of nitrogens with one attached hydrogen (secondary N) is 2. The minimum absolute atomic E-state index is 0.0823. The van der Waals surface area contributed by atoms with Gasteiger partial charge in [0.25, 0.3) is 11.5 Å². The lowest BCUT2D eigenvalue weighted by molar-refractivity contribution is -0.0154. The van der Waals surface area contributed by atoms with Crippen LogP contribution < -0.4 is 10.9 Å². The standard InChI is InChI=1S/C35H41N3O3/c39-33-31(34(40)37-32-25-18-23-17-24(20-25)21-26(32)19-23)12-11-30(36-33)22-38-15-13-29(14-16-38)35(41,27-7-3-1-4-8-27)28-9-5-2-6-10-28/h1-12,23-26,29,32,41H,13-22H2,(H,36,39)(H,37,40). The molecular weight excluding hydrogens is 510 g/mol. The maximum absolute atomic E-state index is 13.2. The number of aromatic nitrogens is 1. The van der Waals surface area contributed by atoms with E-state index in [1.807, 2.05) is 66.7 Å². The van der Waals surface area contributed by atoms with Gasteiger partial charge in [-0.25, -0.2) is 0 Å². The van der Waals surface area contributed by atoms with Crippen LogP contribution in [-0.4, -0.2) is 40.0 Å². The number of piperidine rings is 1. The number of H-pyrrole nitrogens is 1. The van der Waals surface area contributed by atoms with Crippen LogP contribution in [-0.2, 0) is 12.1 Å². The van der Waals surface area contributed by atoms with Crippen molar-refractivity contribution in [3.63, 3.8) is 0 Å². The first-order chi connectivity index (χ1) is 20.0. The van der Waals surface area contributed by atoms with Gasteiger partial charge in [0.15, 0.2) is 0 Å². The van der Waals surface area contributed by atoms with Crippen molar-refractivity contribution in [2.75, 3.05) is 13.1 Å². The highest BCUT2D eigenvalue weighted by Crippen LogP contribution is 2.53. The van der Waals surface area contributed by atoms with E-state index in [0.717, 1.165) is 54.6 Å². The Hall–Kier alpha value is -3.22. The van der Waals surface area contributed by atoms with Gasteiger partial charge in [-0.2, -0.15) is 0 Å². The Morgan fingerprint density at radius 3 is 1.93 bits per heavy atom. The molecule has 3 aromatic rings. The Labute approximate surface area is 242 Å². The Balaban J connectivity index is 0.993. The molecule has 6 heteroatoms. The molecule has 8 rings (SSSR count). The van der Waals surface area contributed by atoms with Crippen molar-refractivity contribution in [1.29, 1.82) is 0 Å². The second-order valence-electron chi connectivity index (χ2n) is 13.2. The third-order valence-electron chi connectivity index (χ3n) is 10.7. The highest BCUT2D eigenvalue weighted by atomic mass is 16.3. The summed E-state index contributed by atoms with van der Waals surface area (Å²) in [6, 6.07) is 23.8. The zero-order valence-electron chi connectivity index (χ0n) is 23.7. The number of benzene rings is 2. The number of hydrogen-bond acceptors (Lipinski definition) is 4. The van der Waals surface area contributed by atoms with Gasteiger partial charge in [0.2, 0.25) is 0 Å². The lowest BCUT2D eigenvalue weighted by Crippen LogP contribution is -2.56. The van der Waals surface area contributed by atoms with Crippen LogP contribution in [0.4, 0.5) is 0 Å². The molecule has 5 aliphatic rings. The fourth-order valence-corrected chi connectivity index (χ4v) is 8.95. The summed E-state index contributed by atoms with van der Waals surface area (Å²) in [5.41, 5.74) is 1.54. The maximum atomic E-state index is 13.2. The van der Waals surface area contributed by atoms with Crippen LogP contribution in [0.1, 0.15) is 72.1 Å². The van der Waals surface area contributed by atoms with Gasteiger partial charge in [0, 0.05) is 18.3 Å². The van der Waals surface area contributed by atoms with Crippen molar-refractivity contribution in [3.8, 4) is 0 Å². The second-order valence-corrected chi connectivity index (χ2v) is 13.2. The molecule has 5 fully saturated rings. The zero-order chi connectivity index (χ0) is 28.0. The van der Waals surface area contributed by atoms with Gasteiger partial charge in [0.05, 0.1) is 0 Å². The SMILES string of the molecule is O=C(NC1C2CC3CC(C2)CC1C3)c1ccc(CN2CCC(C(O)(c3ccccc3)c3ccccc3)CC2)[nH]c1=O. The average Bonchev–Trinajstić information content (AvgIpc) is 2.99. The van der Waals surface area contributed by atoms with E-state index in [4.69, 9.17) is 0 Å². The van der Waals surface area contributed by atoms with E-state index in [0.29, 0.717) is 18.4 Å². The number of aliphatic hydroxyl groups is 1. The number of rotatable bonds is 7. The molecular formula is C35H41N3O3. The van der Waals surface area contributed by atoms with Crippen LogP contribution in [0.2, 0.25) is 0 Å². The summed E-state index contributed by atoms with van der Waals surface area (Å²) in [5, 5.41) is 15.4. The summed E-state index contributed by atoms with van der Waals surface area (Å²) in [6.45, 7) is 2.27. The van der Waals surface area contributed by atoms with Crippen LogP contribution in [0.5, 0.6) is 0 Å². The fourth-order valence-electron chi connectivity index (χ4n) is 8.95. The fraction of sp³-hybridized carbons (Fsp3) is 0.486. The highest BCUT2D eigenvalue weighted by Gasteiger charge is 2.48. The third-order valence-corrected chi connectivity index (χ3v) is 10.7. The highest BCUT2D eigenvalue weighted by molar-refractivity contribution is 5.94. The number of hydrogen-bond donors (Lipinski definition) is 3. The van der Waals surface area contributed by atoms with Crippen molar-refractivity contribution in [3.05, 3.63) is 106 Å². The zero-order valence-corrected chi connectivity index (χ0v) is 23.7. The van der Waals surface area contributed by atoms with E-state index < -0.39 is 5.60 Å². The molecule has 1 aromatic heterocycles. The molecule has 4 saturated carbocycles. The smallest absolute Gasteiger partial charge is 0.261 e. The molecule has 41 heavy (non-hydrogen) atoms.